The van der Waals surface area contributed by atoms with Crippen LogP contribution in [0.4, 0.5) is 22.0 Å². The molecule has 2 rings (SSSR count). The van der Waals surface area contributed by atoms with Gasteiger partial charge in [0.2, 0.25) is 0 Å². The maximum Gasteiger partial charge on any atom is 0.435 e. The van der Waals surface area contributed by atoms with E-state index in [2.05, 4.69) is 5.10 Å². The second-order valence-electron chi connectivity index (χ2n) is 3.50. The molecule has 1 aliphatic rings. The van der Waals surface area contributed by atoms with E-state index in [1.54, 1.807) is 0 Å². The van der Waals surface area contributed by atoms with Gasteiger partial charge in [-0.3, -0.25) is 4.68 Å². The zero-order valence-electron chi connectivity index (χ0n) is 7.70. The van der Waals surface area contributed by atoms with E-state index in [0.717, 1.165) is 4.68 Å². The normalized spacial score (nSPS) is 19.3. The van der Waals surface area contributed by atoms with Crippen molar-refractivity contribution in [3.05, 3.63) is 17.0 Å². The molecule has 1 heterocycles. The van der Waals surface area contributed by atoms with Gasteiger partial charge in [-0.2, -0.15) is 18.3 Å². The van der Waals surface area contributed by atoms with Gasteiger partial charge in [0.1, 0.15) is 0 Å². The number of aromatic nitrogens is 2. The van der Waals surface area contributed by atoms with Gasteiger partial charge in [-0.25, -0.2) is 8.78 Å². The van der Waals surface area contributed by atoms with Gasteiger partial charge in [-0.15, -0.1) is 0 Å². The van der Waals surface area contributed by atoms with Gasteiger partial charge in [-0.05, 0) is 6.42 Å². The number of hydrogen-bond acceptors (Lipinski definition) is 1. The molecule has 1 aromatic heterocycles. The Morgan fingerprint density at radius 3 is 2.47 bits per heavy atom. The molecular weight excluding hydrogens is 219 g/mol. The maximum absolute atomic E-state index is 13.2. The van der Waals surface area contributed by atoms with Crippen molar-refractivity contribution in [1.82, 2.24) is 9.78 Å². The summed E-state index contributed by atoms with van der Waals surface area (Å²) in [5, 5.41) is 3.11. The number of fused-ring (bicyclic) bond motifs is 1. The standard InChI is InChI=1S/C8H7F5N2/c1-15-4-2-3-7(9,10)5(4)6(14-15)8(11,12)13/h2-3H2,1H3. The first-order valence-corrected chi connectivity index (χ1v) is 4.25. The molecule has 0 radical (unpaired) electrons. The van der Waals surface area contributed by atoms with E-state index in [0.29, 0.717) is 0 Å². The summed E-state index contributed by atoms with van der Waals surface area (Å²) in [5.74, 6) is -3.41. The highest BCUT2D eigenvalue weighted by atomic mass is 19.4. The minimum Gasteiger partial charge on any atom is -0.272 e. The summed E-state index contributed by atoms with van der Waals surface area (Å²) in [6.45, 7) is 0. The monoisotopic (exact) mass is 226 g/mol. The number of nitrogens with zero attached hydrogens (tertiary/aromatic N) is 2. The highest BCUT2D eigenvalue weighted by Gasteiger charge is 2.51. The zero-order valence-corrected chi connectivity index (χ0v) is 7.70. The molecule has 0 saturated carbocycles. The fourth-order valence-electron chi connectivity index (χ4n) is 1.83. The Morgan fingerprint density at radius 1 is 1.33 bits per heavy atom. The van der Waals surface area contributed by atoms with Crippen molar-refractivity contribution in [2.75, 3.05) is 0 Å². The SMILES string of the molecule is Cn1nc(C(F)(F)F)c2c1CCC2(F)F. The molecule has 1 aliphatic carbocycles. The molecule has 0 spiro atoms. The molecule has 1 aromatic rings. The first kappa shape index (κ1) is 10.4. The predicted molar refractivity (Wildman–Crippen MR) is 40.4 cm³/mol. The highest BCUT2D eigenvalue weighted by Crippen LogP contribution is 2.47. The topological polar surface area (TPSA) is 17.8 Å². The number of alkyl halides is 5. The van der Waals surface area contributed by atoms with Crippen LogP contribution in [0.3, 0.4) is 0 Å². The molecule has 0 N–H and O–H groups in total. The molecule has 0 unspecified atom stereocenters. The molecule has 0 amide bonds. The van der Waals surface area contributed by atoms with E-state index in [-0.39, 0.29) is 12.1 Å². The van der Waals surface area contributed by atoms with Crippen molar-refractivity contribution in [2.45, 2.75) is 24.9 Å². The summed E-state index contributed by atoms with van der Waals surface area (Å²) in [6, 6.07) is 0. The molecule has 0 aliphatic heterocycles. The summed E-state index contributed by atoms with van der Waals surface area (Å²) >= 11 is 0. The third-order valence-corrected chi connectivity index (χ3v) is 2.48. The highest BCUT2D eigenvalue weighted by molar-refractivity contribution is 5.36. The number of aryl methyl sites for hydroxylation is 1. The Morgan fingerprint density at radius 2 is 1.93 bits per heavy atom. The van der Waals surface area contributed by atoms with Crippen LogP contribution in [0.15, 0.2) is 0 Å². The van der Waals surface area contributed by atoms with E-state index in [4.69, 9.17) is 0 Å². The molecule has 2 nitrogen and oxygen atoms in total. The van der Waals surface area contributed by atoms with Crippen LogP contribution >= 0.6 is 0 Å². The Kier molecular flexibility index (Phi) is 1.87. The van der Waals surface area contributed by atoms with Crippen molar-refractivity contribution < 1.29 is 22.0 Å². The Bertz CT molecular complexity index is 404. The van der Waals surface area contributed by atoms with Gasteiger partial charge in [0.25, 0.3) is 5.92 Å². The fraction of sp³-hybridized carbons (Fsp3) is 0.625. The van der Waals surface area contributed by atoms with Crippen LogP contribution in [0.2, 0.25) is 0 Å². The van der Waals surface area contributed by atoms with Gasteiger partial charge in [0.05, 0.1) is 5.56 Å². The molecule has 15 heavy (non-hydrogen) atoms. The van der Waals surface area contributed by atoms with Gasteiger partial charge in [0.15, 0.2) is 5.69 Å². The molecule has 7 heteroatoms. The predicted octanol–water partition coefficient (Wildman–Crippen LogP) is 2.48. The van der Waals surface area contributed by atoms with Gasteiger partial charge in [0, 0.05) is 19.2 Å². The van der Waals surface area contributed by atoms with Gasteiger partial charge in [-0.1, -0.05) is 0 Å². The molecule has 0 bridgehead atoms. The quantitative estimate of drug-likeness (QED) is 0.621. The third-order valence-electron chi connectivity index (χ3n) is 2.48. The van der Waals surface area contributed by atoms with E-state index in [9.17, 15) is 22.0 Å². The largest absolute Gasteiger partial charge is 0.435 e. The second-order valence-corrected chi connectivity index (χ2v) is 3.50. The number of halogens is 5. The lowest BCUT2D eigenvalue weighted by Gasteiger charge is -2.11. The van der Waals surface area contributed by atoms with Crippen molar-refractivity contribution in [1.29, 1.82) is 0 Å². The first-order valence-electron chi connectivity index (χ1n) is 4.25. The molecular formula is C8H7F5N2. The molecule has 0 aromatic carbocycles. The lowest BCUT2D eigenvalue weighted by molar-refractivity contribution is -0.145. The lowest BCUT2D eigenvalue weighted by Crippen LogP contribution is -2.16. The Hall–Kier alpha value is -1.14. The average Bonchev–Trinajstić information content (AvgIpc) is 2.52. The van der Waals surface area contributed by atoms with Crippen molar-refractivity contribution in [2.24, 2.45) is 7.05 Å². The zero-order chi connectivity index (χ0) is 11.4. The lowest BCUT2D eigenvalue weighted by atomic mass is 10.1. The van der Waals surface area contributed by atoms with Crippen LogP contribution in [0.5, 0.6) is 0 Å². The third kappa shape index (κ3) is 1.40. The van der Waals surface area contributed by atoms with Crippen LogP contribution < -0.4 is 0 Å². The van der Waals surface area contributed by atoms with Crippen molar-refractivity contribution in [3.8, 4) is 0 Å². The Labute approximate surface area is 81.7 Å². The van der Waals surface area contributed by atoms with E-state index in [1.807, 2.05) is 0 Å². The van der Waals surface area contributed by atoms with E-state index < -0.39 is 29.8 Å². The summed E-state index contributed by atoms with van der Waals surface area (Å²) in [6.07, 6.45) is -5.46. The van der Waals surface area contributed by atoms with Gasteiger partial charge < -0.3 is 0 Å². The molecule has 0 fully saturated rings. The fourth-order valence-corrected chi connectivity index (χ4v) is 1.83. The van der Waals surface area contributed by atoms with Gasteiger partial charge >= 0.3 is 6.18 Å². The van der Waals surface area contributed by atoms with Crippen molar-refractivity contribution >= 4 is 0 Å². The van der Waals surface area contributed by atoms with Crippen LogP contribution in [0, 0.1) is 0 Å². The molecule has 0 saturated heterocycles. The van der Waals surface area contributed by atoms with Crippen LogP contribution in [0.25, 0.3) is 0 Å². The van der Waals surface area contributed by atoms with E-state index in [1.165, 1.54) is 7.05 Å². The van der Waals surface area contributed by atoms with Crippen molar-refractivity contribution in [3.63, 3.8) is 0 Å². The van der Waals surface area contributed by atoms with E-state index >= 15 is 0 Å². The average molecular weight is 226 g/mol. The summed E-state index contributed by atoms with van der Waals surface area (Å²) in [4.78, 5) is 0. The van der Waals surface area contributed by atoms with Crippen LogP contribution in [0.1, 0.15) is 23.4 Å². The maximum atomic E-state index is 13.2. The molecule has 84 valence electrons. The molecule has 0 atom stereocenters. The minimum absolute atomic E-state index is 0.0210. The summed E-state index contributed by atoms with van der Waals surface area (Å²) in [7, 11) is 1.25. The number of hydrogen-bond donors (Lipinski definition) is 0. The van der Waals surface area contributed by atoms with Crippen LogP contribution in [-0.4, -0.2) is 9.78 Å². The summed E-state index contributed by atoms with van der Waals surface area (Å²) < 4.78 is 64.4. The second kappa shape index (κ2) is 2.70. The first-order chi connectivity index (χ1) is 6.73. The van der Waals surface area contributed by atoms with Crippen LogP contribution in [-0.2, 0) is 25.6 Å². The number of rotatable bonds is 0. The Balaban J connectivity index is 2.66. The minimum atomic E-state index is -4.82. The summed E-state index contributed by atoms with van der Waals surface area (Å²) in [5.41, 5.74) is -2.42. The smallest absolute Gasteiger partial charge is 0.272 e.